The van der Waals surface area contributed by atoms with Gasteiger partial charge in [0.15, 0.2) is 0 Å². The Morgan fingerprint density at radius 3 is 2.65 bits per heavy atom. The molecule has 0 radical (unpaired) electrons. The van der Waals surface area contributed by atoms with Crippen molar-refractivity contribution < 1.29 is 9.59 Å². The van der Waals surface area contributed by atoms with Gasteiger partial charge in [-0.15, -0.1) is 5.10 Å². The topological polar surface area (TPSA) is 81.0 Å². The lowest BCUT2D eigenvalue weighted by Crippen LogP contribution is -2.26. The maximum Gasteiger partial charge on any atom is 0.243 e. The van der Waals surface area contributed by atoms with E-state index in [1.165, 1.54) is 18.8 Å². The van der Waals surface area contributed by atoms with Gasteiger partial charge >= 0.3 is 0 Å². The van der Waals surface area contributed by atoms with Crippen LogP contribution in [0.1, 0.15) is 6.42 Å². The van der Waals surface area contributed by atoms with Crippen LogP contribution in [0.25, 0.3) is 5.69 Å². The molecule has 0 aliphatic carbocycles. The molecule has 1 aromatic carbocycles. The van der Waals surface area contributed by atoms with Gasteiger partial charge in [0, 0.05) is 13.5 Å². The van der Waals surface area contributed by atoms with E-state index >= 15 is 0 Å². The minimum atomic E-state index is -0.457. The number of hydrogen-bond donors (Lipinski definition) is 0. The summed E-state index contributed by atoms with van der Waals surface area (Å²) in [5.74, 6) is -0.381. The third kappa shape index (κ3) is 2.18. The number of carbonyl (C=O) groups excluding carboxylic acids is 2. The molecule has 0 spiro atoms. The number of imide groups is 1. The monoisotopic (exact) mass is 289 g/mol. The van der Waals surface area contributed by atoms with Gasteiger partial charge in [-0.05, 0) is 22.6 Å². The maximum absolute atomic E-state index is 11.9. The highest BCUT2D eigenvalue weighted by Crippen LogP contribution is 2.30. The number of thioether (sulfide) groups is 1. The van der Waals surface area contributed by atoms with E-state index in [1.54, 1.807) is 4.68 Å². The van der Waals surface area contributed by atoms with Crippen LogP contribution in [0.15, 0.2) is 35.5 Å². The lowest BCUT2D eigenvalue weighted by atomic mass is 10.3. The van der Waals surface area contributed by atoms with Crippen LogP contribution in [0.3, 0.4) is 0 Å². The summed E-state index contributed by atoms with van der Waals surface area (Å²) in [4.78, 5) is 24.6. The first-order valence-corrected chi connectivity index (χ1v) is 6.85. The molecule has 3 rings (SSSR count). The Kier molecular flexibility index (Phi) is 3.23. The average Bonchev–Trinajstić information content (AvgIpc) is 3.02. The molecule has 0 saturated carbocycles. The van der Waals surface area contributed by atoms with Crippen molar-refractivity contribution in [2.75, 3.05) is 7.05 Å². The van der Waals surface area contributed by atoms with Gasteiger partial charge in [0.1, 0.15) is 5.25 Å². The molecule has 1 unspecified atom stereocenters. The van der Waals surface area contributed by atoms with Gasteiger partial charge in [0.05, 0.1) is 5.69 Å². The SMILES string of the molecule is CN1C(=O)CC(Sc2nnnn2-c2ccccc2)C1=O. The first kappa shape index (κ1) is 12.8. The molecule has 1 saturated heterocycles. The third-order valence-corrected chi connectivity index (χ3v) is 4.15. The summed E-state index contributed by atoms with van der Waals surface area (Å²) in [6.45, 7) is 0. The van der Waals surface area contributed by atoms with Crippen LogP contribution in [-0.4, -0.2) is 49.2 Å². The fourth-order valence-electron chi connectivity index (χ4n) is 1.92. The smallest absolute Gasteiger partial charge is 0.243 e. The standard InChI is InChI=1S/C12H11N5O2S/c1-16-10(18)7-9(11(16)19)20-12-13-14-15-17(12)8-5-3-2-4-6-8/h2-6,9H,7H2,1H3. The molecule has 0 N–H and O–H groups in total. The normalized spacial score (nSPS) is 18.9. The van der Waals surface area contributed by atoms with Crippen LogP contribution >= 0.6 is 11.8 Å². The van der Waals surface area contributed by atoms with Crippen LogP contribution in [-0.2, 0) is 9.59 Å². The van der Waals surface area contributed by atoms with Crippen LogP contribution in [0.5, 0.6) is 0 Å². The molecule has 2 amide bonds. The summed E-state index contributed by atoms with van der Waals surface area (Å²) in [6.07, 6.45) is 0.182. The van der Waals surface area contributed by atoms with E-state index in [-0.39, 0.29) is 18.2 Å². The number of hydrogen-bond acceptors (Lipinski definition) is 6. The maximum atomic E-state index is 11.9. The zero-order valence-electron chi connectivity index (χ0n) is 10.6. The Balaban J connectivity index is 1.85. The molecule has 102 valence electrons. The van der Waals surface area contributed by atoms with E-state index in [1.807, 2.05) is 30.3 Å². The van der Waals surface area contributed by atoms with Gasteiger partial charge in [-0.1, -0.05) is 30.0 Å². The van der Waals surface area contributed by atoms with E-state index in [9.17, 15) is 9.59 Å². The first-order chi connectivity index (χ1) is 9.66. The predicted molar refractivity (Wildman–Crippen MR) is 71.2 cm³/mol. The second-order valence-corrected chi connectivity index (χ2v) is 5.48. The lowest BCUT2D eigenvalue weighted by Gasteiger charge is -2.08. The number of benzene rings is 1. The van der Waals surface area contributed by atoms with E-state index < -0.39 is 5.25 Å². The minimum Gasteiger partial charge on any atom is -0.285 e. The molecular weight excluding hydrogens is 278 g/mol. The zero-order valence-corrected chi connectivity index (χ0v) is 11.4. The molecule has 2 aromatic rings. The van der Waals surface area contributed by atoms with Gasteiger partial charge in [-0.3, -0.25) is 14.5 Å². The Hall–Kier alpha value is -2.22. The number of likely N-dealkylation sites (tertiary alicyclic amines) is 1. The molecule has 2 heterocycles. The highest BCUT2D eigenvalue weighted by atomic mass is 32.2. The van der Waals surface area contributed by atoms with Crippen molar-refractivity contribution in [1.82, 2.24) is 25.1 Å². The van der Waals surface area contributed by atoms with Gasteiger partial charge in [0.25, 0.3) is 0 Å². The average molecular weight is 289 g/mol. The third-order valence-electron chi connectivity index (χ3n) is 3.03. The Morgan fingerprint density at radius 1 is 1.25 bits per heavy atom. The molecule has 1 aliphatic heterocycles. The Bertz CT molecular complexity index is 657. The summed E-state index contributed by atoms with van der Waals surface area (Å²) < 4.78 is 1.56. The van der Waals surface area contributed by atoms with Crippen molar-refractivity contribution in [3.63, 3.8) is 0 Å². The molecule has 7 nitrogen and oxygen atoms in total. The molecule has 20 heavy (non-hydrogen) atoms. The van der Waals surface area contributed by atoms with E-state index in [0.717, 1.165) is 10.6 Å². The number of tetrazole rings is 1. The largest absolute Gasteiger partial charge is 0.285 e. The van der Waals surface area contributed by atoms with Crippen LogP contribution < -0.4 is 0 Å². The van der Waals surface area contributed by atoms with Crippen LogP contribution in [0.2, 0.25) is 0 Å². The summed E-state index contributed by atoms with van der Waals surface area (Å²) >= 11 is 1.21. The number of aromatic nitrogens is 4. The summed E-state index contributed by atoms with van der Waals surface area (Å²) in [5, 5.41) is 11.5. The highest BCUT2D eigenvalue weighted by Gasteiger charge is 2.37. The van der Waals surface area contributed by atoms with Crippen molar-refractivity contribution in [3.05, 3.63) is 30.3 Å². The molecular formula is C12H11N5O2S. The quantitative estimate of drug-likeness (QED) is 0.766. The fourth-order valence-corrected chi connectivity index (χ4v) is 2.99. The second kappa shape index (κ2) is 5.04. The van der Waals surface area contributed by atoms with E-state index in [0.29, 0.717) is 5.16 Å². The second-order valence-electron chi connectivity index (χ2n) is 4.31. The predicted octanol–water partition coefficient (Wildman–Crippen LogP) is 0.512. The summed E-state index contributed by atoms with van der Waals surface area (Å²) in [5.41, 5.74) is 0.810. The lowest BCUT2D eigenvalue weighted by molar-refractivity contribution is -0.136. The van der Waals surface area contributed by atoms with Crippen molar-refractivity contribution in [3.8, 4) is 5.69 Å². The number of para-hydroxylation sites is 1. The van der Waals surface area contributed by atoms with Gasteiger partial charge in [-0.25, -0.2) is 0 Å². The van der Waals surface area contributed by atoms with Crippen molar-refractivity contribution in [2.24, 2.45) is 0 Å². The van der Waals surface area contributed by atoms with Gasteiger partial charge in [-0.2, -0.15) is 4.68 Å². The zero-order chi connectivity index (χ0) is 14.1. The van der Waals surface area contributed by atoms with Gasteiger partial charge in [0.2, 0.25) is 17.0 Å². The molecule has 0 bridgehead atoms. The van der Waals surface area contributed by atoms with E-state index in [2.05, 4.69) is 15.5 Å². The number of nitrogens with zero attached hydrogens (tertiary/aromatic N) is 5. The highest BCUT2D eigenvalue weighted by molar-refractivity contribution is 8.00. The summed E-state index contributed by atoms with van der Waals surface area (Å²) in [6, 6.07) is 9.39. The Morgan fingerprint density at radius 2 is 2.00 bits per heavy atom. The molecule has 1 aliphatic rings. The van der Waals surface area contributed by atoms with Crippen LogP contribution in [0.4, 0.5) is 0 Å². The van der Waals surface area contributed by atoms with Crippen molar-refractivity contribution in [2.45, 2.75) is 16.8 Å². The van der Waals surface area contributed by atoms with Gasteiger partial charge < -0.3 is 0 Å². The van der Waals surface area contributed by atoms with Crippen LogP contribution in [0, 0.1) is 0 Å². The minimum absolute atomic E-state index is 0.175. The number of rotatable bonds is 3. The summed E-state index contributed by atoms with van der Waals surface area (Å²) in [7, 11) is 1.49. The number of carbonyl (C=O) groups is 2. The first-order valence-electron chi connectivity index (χ1n) is 5.97. The Labute approximate surface area is 118 Å². The molecule has 1 atom stereocenters. The van der Waals surface area contributed by atoms with Crippen molar-refractivity contribution in [1.29, 1.82) is 0 Å². The number of amides is 2. The fraction of sp³-hybridized carbons (Fsp3) is 0.250. The molecule has 1 fully saturated rings. The molecule has 1 aromatic heterocycles. The molecule has 8 heteroatoms. The van der Waals surface area contributed by atoms with Crippen molar-refractivity contribution >= 4 is 23.6 Å². The van der Waals surface area contributed by atoms with E-state index in [4.69, 9.17) is 0 Å².